The number of aliphatic hydroxyl groups is 1. The van der Waals surface area contributed by atoms with Crippen molar-refractivity contribution in [3.05, 3.63) is 0 Å². The Hall–Kier alpha value is -0.130. The van der Waals surface area contributed by atoms with E-state index in [-0.39, 0.29) is 6.10 Å². The quantitative estimate of drug-likeness (QED) is 0.574. The molecule has 0 saturated carbocycles. The van der Waals surface area contributed by atoms with E-state index in [4.69, 9.17) is 0 Å². The van der Waals surface area contributed by atoms with E-state index in [0.29, 0.717) is 5.92 Å². The third-order valence-electron chi connectivity index (χ3n) is 1.71. The third kappa shape index (κ3) is 1.93. The summed E-state index contributed by atoms with van der Waals surface area (Å²) in [6.07, 6.45) is 0.760. The SMILES string of the molecule is CC#CCC1CSCC1O. The van der Waals surface area contributed by atoms with Crippen LogP contribution in [0.15, 0.2) is 0 Å². The summed E-state index contributed by atoms with van der Waals surface area (Å²) in [4.78, 5) is 0. The van der Waals surface area contributed by atoms with E-state index in [1.807, 2.05) is 18.7 Å². The molecule has 0 bridgehead atoms. The van der Waals surface area contributed by atoms with E-state index in [1.165, 1.54) is 0 Å². The minimum absolute atomic E-state index is 0.106. The highest BCUT2D eigenvalue weighted by molar-refractivity contribution is 7.99. The van der Waals surface area contributed by atoms with Crippen molar-refractivity contribution in [2.24, 2.45) is 5.92 Å². The Bertz CT molecular complexity index is 156. The minimum atomic E-state index is -0.106. The van der Waals surface area contributed by atoms with Crippen LogP contribution in [0.2, 0.25) is 0 Å². The molecule has 56 valence electrons. The molecule has 0 aliphatic carbocycles. The summed E-state index contributed by atoms with van der Waals surface area (Å²) >= 11 is 1.82. The van der Waals surface area contributed by atoms with Gasteiger partial charge >= 0.3 is 0 Å². The van der Waals surface area contributed by atoms with Gasteiger partial charge < -0.3 is 5.11 Å². The average molecular weight is 156 g/mol. The molecular weight excluding hydrogens is 144 g/mol. The summed E-state index contributed by atoms with van der Waals surface area (Å²) < 4.78 is 0. The molecule has 1 N–H and O–H groups in total. The molecule has 1 nitrogen and oxygen atoms in total. The van der Waals surface area contributed by atoms with Crippen LogP contribution in [0.4, 0.5) is 0 Å². The van der Waals surface area contributed by atoms with Gasteiger partial charge in [0.05, 0.1) is 6.10 Å². The second-order valence-corrected chi connectivity index (χ2v) is 3.57. The molecule has 1 heterocycles. The smallest absolute Gasteiger partial charge is 0.0675 e. The van der Waals surface area contributed by atoms with Crippen molar-refractivity contribution >= 4 is 11.8 Å². The Morgan fingerprint density at radius 2 is 2.40 bits per heavy atom. The lowest BCUT2D eigenvalue weighted by molar-refractivity contribution is 0.152. The van der Waals surface area contributed by atoms with Crippen molar-refractivity contribution in [2.45, 2.75) is 19.4 Å². The zero-order chi connectivity index (χ0) is 7.40. The highest BCUT2D eigenvalue weighted by Crippen LogP contribution is 2.25. The fourth-order valence-electron chi connectivity index (χ4n) is 1.02. The zero-order valence-electron chi connectivity index (χ0n) is 6.13. The van der Waals surface area contributed by atoms with Crippen molar-refractivity contribution in [1.82, 2.24) is 0 Å². The molecule has 0 aromatic rings. The molecule has 2 unspecified atom stereocenters. The first-order chi connectivity index (χ1) is 4.84. The molecule has 0 amide bonds. The Morgan fingerprint density at radius 1 is 1.60 bits per heavy atom. The van der Waals surface area contributed by atoms with Gasteiger partial charge in [0.25, 0.3) is 0 Å². The van der Waals surface area contributed by atoms with Gasteiger partial charge in [-0.3, -0.25) is 0 Å². The van der Waals surface area contributed by atoms with Gasteiger partial charge in [0.2, 0.25) is 0 Å². The summed E-state index contributed by atoms with van der Waals surface area (Å²) in [6, 6.07) is 0. The zero-order valence-corrected chi connectivity index (χ0v) is 6.95. The average Bonchev–Trinajstić information content (AvgIpc) is 2.31. The topological polar surface area (TPSA) is 20.2 Å². The van der Waals surface area contributed by atoms with Gasteiger partial charge in [-0.05, 0) is 12.7 Å². The summed E-state index contributed by atoms with van der Waals surface area (Å²) in [7, 11) is 0. The summed E-state index contributed by atoms with van der Waals surface area (Å²) in [5, 5.41) is 9.33. The molecule has 0 radical (unpaired) electrons. The van der Waals surface area contributed by atoms with E-state index in [1.54, 1.807) is 0 Å². The normalized spacial score (nSPS) is 31.4. The molecular formula is C8H12OS. The summed E-state index contributed by atoms with van der Waals surface area (Å²) in [5.41, 5.74) is 0. The predicted octanol–water partition coefficient (Wildman–Crippen LogP) is 1.12. The number of hydrogen-bond acceptors (Lipinski definition) is 2. The molecule has 0 aromatic carbocycles. The number of thioether (sulfide) groups is 1. The van der Waals surface area contributed by atoms with E-state index in [0.717, 1.165) is 17.9 Å². The van der Waals surface area contributed by atoms with Crippen LogP contribution in [0.25, 0.3) is 0 Å². The van der Waals surface area contributed by atoms with Crippen molar-refractivity contribution in [1.29, 1.82) is 0 Å². The van der Waals surface area contributed by atoms with Crippen LogP contribution in [0.3, 0.4) is 0 Å². The molecule has 0 aromatic heterocycles. The highest BCUT2D eigenvalue weighted by Gasteiger charge is 2.24. The molecule has 1 rings (SSSR count). The standard InChI is InChI=1S/C8H12OS/c1-2-3-4-7-5-10-6-8(7)9/h7-9H,4-6H2,1H3. The number of hydrogen-bond donors (Lipinski definition) is 1. The maximum atomic E-state index is 9.33. The van der Waals surface area contributed by atoms with Crippen molar-refractivity contribution in [2.75, 3.05) is 11.5 Å². The second-order valence-electron chi connectivity index (χ2n) is 2.50. The van der Waals surface area contributed by atoms with Crippen LogP contribution in [-0.4, -0.2) is 22.7 Å². The van der Waals surface area contributed by atoms with Crippen LogP contribution in [0, 0.1) is 17.8 Å². The molecule has 1 saturated heterocycles. The van der Waals surface area contributed by atoms with E-state index in [9.17, 15) is 5.11 Å². The predicted molar refractivity (Wildman–Crippen MR) is 44.9 cm³/mol. The number of rotatable bonds is 1. The fourth-order valence-corrected chi connectivity index (χ4v) is 2.31. The maximum absolute atomic E-state index is 9.33. The van der Waals surface area contributed by atoms with Crippen LogP contribution < -0.4 is 0 Å². The van der Waals surface area contributed by atoms with Gasteiger partial charge in [0, 0.05) is 18.1 Å². The van der Waals surface area contributed by atoms with E-state index >= 15 is 0 Å². The minimum Gasteiger partial charge on any atom is -0.392 e. The lowest BCUT2D eigenvalue weighted by Gasteiger charge is -2.07. The molecule has 1 fully saturated rings. The van der Waals surface area contributed by atoms with Crippen LogP contribution in [0.1, 0.15) is 13.3 Å². The first-order valence-corrected chi connectivity index (χ1v) is 4.65. The largest absolute Gasteiger partial charge is 0.392 e. The van der Waals surface area contributed by atoms with Crippen molar-refractivity contribution < 1.29 is 5.11 Å². The maximum Gasteiger partial charge on any atom is 0.0675 e. The first kappa shape index (κ1) is 7.97. The molecule has 2 atom stereocenters. The molecule has 1 aliphatic heterocycles. The van der Waals surface area contributed by atoms with Gasteiger partial charge in [-0.25, -0.2) is 0 Å². The molecule has 2 heteroatoms. The van der Waals surface area contributed by atoms with Gasteiger partial charge in [-0.1, -0.05) is 0 Å². The fraction of sp³-hybridized carbons (Fsp3) is 0.750. The van der Waals surface area contributed by atoms with Crippen LogP contribution in [0.5, 0.6) is 0 Å². The van der Waals surface area contributed by atoms with E-state index in [2.05, 4.69) is 11.8 Å². The molecule has 0 spiro atoms. The van der Waals surface area contributed by atoms with Crippen LogP contribution >= 0.6 is 11.8 Å². The summed E-state index contributed by atoms with van der Waals surface area (Å²) in [5.74, 6) is 8.25. The highest BCUT2D eigenvalue weighted by atomic mass is 32.2. The number of aliphatic hydroxyl groups excluding tert-OH is 1. The second kappa shape index (κ2) is 3.90. The van der Waals surface area contributed by atoms with Crippen molar-refractivity contribution in [3.63, 3.8) is 0 Å². The summed E-state index contributed by atoms with van der Waals surface area (Å²) in [6.45, 7) is 1.84. The van der Waals surface area contributed by atoms with Gasteiger partial charge in [0.1, 0.15) is 0 Å². The Balaban J connectivity index is 2.31. The Labute approximate surface area is 66.2 Å². The Kier molecular flexibility index (Phi) is 3.11. The lowest BCUT2D eigenvalue weighted by atomic mass is 10.0. The monoisotopic (exact) mass is 156 g/mol. The first-order valence-electron chi connectivity index (χ1n) is 3.50. The lowest BCUT2D eigenvalue weighted by Crippen LogP contribution is -2.16. The Morgan fingerprint density at radius 3 is 2.90 bits per heavy atom. The van der Waals surface area contributed by atoms with Gasteiger partial charge in [-0.15, -0.1) is 11.8 Å². The molecule has 1 aliphatic rings. The van der Waals surface area contributed by atoms with Crippen LogP contribution in [-0.2, 0) is 0 Å². The van der Waals surface area contributed by atoms with Gasteiger partial charge in [0.15, 0.2) is 0 Å². The van der Waals surface area contributed by atoms with Gasteiger partial charge in [-0.2, -0.15) is 11.8 Å². The van der Waals surface area contributed by atoms with E-state index < -0.39 is 0 Å². The molecule has 10 heavy (non-hydrogen) atoms. The van der Waals surface area contributed by atoms with Crippen molar-refractivity contribution in [3.8, 4) is 11.8 Å². The third-order valence-corrected chi connectivity index (χ3v) is 2.95.